The highest BCUT2D eigenvalue weighted by Crippen LogP contribution is 2.18. The minimum absolute atomic E-state index is 0.398. The monoisotopic (exact) mass is 230 g/mol. The van der Waals surface area contributed by atoms with Crippen LogP contribution in [-0.2, 0) is 0 Å². The maximum atomic E-state index is 5.76. The van der Waals surface area contributed by atoms with Gasteiger partial charge in [0, 0.05) is 23.7 Å². The van der Waals surface area contributed by atoms with Crippen LogP contribution >= 0.6 is 0 Å². The summed E-state index contributed by atoms with van der Waals surface area (Å²) in [6, 6.07) is 10.4. The van der Waals surface area contributed by atoms with Gasteiger partial charge in [0.25, 0.3) is 0 Å². The SMILES string of the molecule is CCC(COc1ccc2cccnc2c1)NC. The van der Waals surface area contributed by atoms with Crippen LogP contribution in [-0.4, -0.2) is 24.7 Å². The normalized spacial score (nSPS) is 12.6. The fourth-order valence-electron chi connectivity index (χ4n) is 1.74. The van der Waals surface area contributed by atoms with E-state index in [2.05, 4.69) is 23.3 Å². The molecule has 1 unspecified atom stereocenters. The number of rotatable bonds is 5. The van der Waals surface area contributed by atoms with E-state index in [0.29, 0.717) is 12.6 Å². The molecule has 1 aromatic carbocycles. The second-order valence-electron chi connectivity index (χ2n) is 4.06. The Bertz CT molecular complexity index is 480. The van der Waals surface area contributed by atoms with Crippen molar-refractivity contribution in [3.05, 3.63) is 36.5 Å². The van der Waals surface area contributed by atoms with Gasteiger partial charge in [0.2, 0.25) is 0 Å². The van der Waals surface area contributed by atoms with Gasteiger partial charge in [0.05, 0.1) is 5.52 Å². The van der Waals surface area contributed by atoms with Gasteiger partial charge in [-0.25, -0.2) is 0 Å². The summed E-state index contributed by atoms with van der Waals surface area (Å²) in [4.78, 5) is 4.31. The van der Waals surface area contributed by atoms with Crippen LogP contribution in [0, 0.1) is 0 Å². The smallest absolute Gasteiger partial charge is 0.121 e. The van der Waals surface area contributed by atoms with Crippen molar-refractivity contribution in [1.29, 1.82) is 0 Å². The number of hydrogen-bond acceptors (Lipinski definition) is 3. The summed E-state index contributed by atoms with van der Waals surface area (Å²) in [6.45, 7) is 2.83. The molecule has 2 rings (SSSR count). The quantitative estimate of drug-likeness (QED) is 0.857. The molecule has 0 aliphatic carbocycles. The van der Waals surface area contributed by atoms with E-state index in [1.165, 1.54) is 0 Å². The summed E-state index contributed by atoms with van der Waals surface area (Å²) in [5.41, 5.74) is 0.975. The molecule has 0 aliphatic heterocycles. The van der Waals surface area contributed by atoms with Gasteiger partial charge in [0.1, 0.15) is 12.4 Å². The third-order valence-electron chi connectivity index (χ3n) is 2.93. The number of hydrogen-bond donors (Lipinski definition) is 1. The summed E-state index contributed by atoms with van der Waals surface area (Å²) < 4.78 is 5.76. The maximum absolute atomic E-state index is 5.76. The van der Waals surface area contributed by atoms with Gasteiger partial charge < -0.3 is 10.1 Å². The van der Waals surface area contributed by atoms with Crippen LogP contribution in [0.3, 0.4) is 0 Å². The summed E-state index contributed by atoms with van der Waals surface area (Å²) in [7, 11) is 1.96. The van der Waals surface area contributed by atoms with E-state index in [9.17, 15) is 0 Å². The zero-order valence-electron chi connectivity index (χ0n) is 10.3. The van der Waals surface area contributed by atoms with E-state index >= 15 is 0 Å². The molecule has 0 saturated carbocycles. The first-order valence-electron chi connectivity index (χ1n) is 5.98. The molecule has 3 heteroatoms. The van der Waals surface area contributed by atoms with Gasteiger partial charge in [-0.05, 0) is 31.7 Å². The Kier molecular flexibility index (Phi) is 3.94. The summed E-state index contributed by atoms with van der Waals surface area (Å²) in [5, 5.41) is 4.36. The number of likely N-dealkylation sites (N-methyl/N-ethyl adjacent to an activating group) is 1. The van der Waals surface area contributed by atoms with E-state index in [1.807, 2.05) is 31.3 Å². The molecule has 0 amide bonds. The molecule has 0 saturated heterocycles. The molecule has 3 nitrogen and oxygen atoms in total. The highest BCUT2D eigenvalue weighted by Gasteiger charge is 2.04. The van der Waals surface area contributed by atoms with Crippen molar-refractivity contribution in [1.82, 2.24) is 10.3 Å². The number of fused-ring (bicyclic) bond motifs is 1. The predicted molar refractivity (Wildman–Crippen MR) is 70.4 cm³/mol. The lowest BCUT2D eigenvalue weighted by molar-refractivity contribution is 0.267. The molecule has 0 bridgehead atoms. The fraction of sp³-hybridized carbons (Fsp3) is 0.357. The minimum atomic E-state index is 0.398. The fourth-order valence-corrected chi connectivity index (χ4v) is 1.74. The van der Waals surface area contributed by atoms with Gasteiger partial charge in [-0.1, -0.05) is 13.0 Å². The zero-order valence-corrected chi connectivity index (χ0v) is 10.3. The lowest BCUT2D eigenvalue weighted by atomic mass is 10.2. The number of ether oxygens (including phenoxy) is 1. The van der Waals surface area contributed by atoms with Crippen molar-refractivity contribution in [2.24, 2.45) is 0 Å². The van der Waals surface area contributed by atoms with Crippen molar-refractivity contribution in [3.63, 3.8) is 0 Å². The van der Waals surface area contributed by atoms with Crippen LogP contribution in [0.1, 0.15) is 13.3 Å². The average Bonchev–Trinajstić information content (AvgIpc) is 2.40. The first-order valence-corrected chi connectivity index (χ1v) is 5.98. The Balaban J connectivity index is 2.09. The van der Waals surface area contributed by atoms with Crippen molar-refractivity contribution in [3.8, 4) is 5.75 Å². The van der Waals surface area contributed by atoms with Gasteiger partial charge in [-0.2, -0.15) is 0 Å². The zero-order chi connectivity index (χ0) is 12.1. The summed E-state index contributed by atoms with van der Waals surface area (Å²) >= 11 is 0. The van der Waals surface area contributed by atoms with Gasteiger partial charge in [-0.15, -0.1) is 0 Å². The second-order valence-corrected chi connectivity index (χ2v) is 4.06. The molecule has 17 heavy (non-hydrogen) atoms. The third kappa shape index (κ3) is 2.94. The van der Waals surface area contributed by atoms with Gasteiger partial charge in [-0.3, -0.25) is 4.98 Å². The van der Waals surface area contributed by atoms with E-state index in [1.54, 1.807) is 6.20 Å². The topological polar surface area (TPSA) is 34.1 Å². The van der Waals surface area contributed by atoms with Crippen LogP contribution in [0.25, 0.3) is 10.9 Å². The molecule has 90 valence electrons. The highest BCUT2D eigenvalue weighted by molar-refractivity contribution is 5.79. The van der Waals surface area contributed by atoms with Crippen molar-refractivity contribution < 1.29 is 4.74 Å². The molecular weight excluding hydrogens is 212 g/mol. The summed E-state index contributed by atoms with van der Waals surface area (Å²) in [5.74, 6) is 0.880. The Morgan fingerprint density at radius 3 is 3.00 bits per heavy atom. The lowest BCUT2D eigenvalue weighted by Crippen LogP contribution is -2.30. The van der Waals surface area contributed by atoms with E-state index < -0.39 is 0 Å². The van der Waals surface area contributed by atoms with Gasteiger partial charge >= 0.3 is 0 Å². The Morgan fingerprint density at radius 2 is 2.24 bits per heavy atom. The lowest BCUT2D eigenvalue weighted by Gasteiger charge is -2.15. The van der Waals surface area contributed by atoms with Crippen molar-refractivity contribution in [2.45, 2.75) is 19.4 Å². The van der Waals surface area contributed by atoms with Gasteiger partial charge in [0.15, 0.2) is 0 Å². The molecule has 1 aromatic heterocycles. The van der Waals surface area contributed by atoms with E-state index in [0.717, 1.165) is 23.1 Å². The first-order chi connectivity index (χ1) is 8.33. The molecule has 2 aromatic rings. The Hall–Kier alpha value is -1.61. The van der Waals surface area contributed by atoms with Crippen LogP contribution < -0.4 is 10.1 Å². The first kappa shape index (κ1) is 11.9. The standard InChI is InChI=1S/C14H18N2O/c1-3-12(15-2)10-17-13-7-6-11-5-4-8-16-14(11)9-13/h4-9,12,15H,3,10H2,1-2H3. The molecule has 1 atom stereocenters. The van der Waals surface area contributed by atoms with Crippen LogP contribution in [0.5, 0.6) is 5.75 Å². The number of pyridine rings is 1. The van der Waals surface area contributed by atoms with Crippen molar-refractivity contribution >= 4 is 10.9 Å². The van der Waals surface area contributed by atoms with E-state index in [-0.39, 0.29) is 0 Å². The molecule has 1 heterocycles. The number of nitrogens with one attached hydrogen (secondary N) is 1. The molecule has 1 N–H and O–H groups in total. The summed E-state index contributed by atoms with van der Waals surface area (Å²) in [6.07, 6.45) is 2.86. The van der Waals surface area contributed by atoms with Crippen molar-refractivity contribution in [2.75, 3.05) is 13.7 Å². The number of benzene rings is 1. The van der Waals surface area contributed by atoms with Crippen LogP contribution in [0.4, 0.5) is 0 Å². The maximum Gasteiger partial charge on any atom is 0.121 e. The Labute approximate surface area is 102 Å². The Morgan fingerprint density at radius 1 is 1.35 bits per heavy atom. The number of nitrogens with zero attached hydrogens (tertiary/aromatic N) is 1. The number of aromatic nitrogens is 1. The molecule has 0 fully saturated rings. The molecule has 0 aliphatic rings. The largest absolute Gasteiger partial charge is 0.492 e. The second kappa shape index (κ2) is 5.64. The molecular formula is C14H18N2O. The third-order valence-corrected chi connectivity index (χ3v) is 2.93. The van der Waals surface area contributed by atoms with Crippen LogP contribution in [0.15, 0.2) is 36.5 Å². The highest BCUT2D eigenvalue weighted by atomic mass is 16.5. The molecule has 0 radical (unpaired) electrons. The minimum Gasteiger partial charge on any atom is -0.492 e. The molecule has 0 spiro atoms. The average molecular weight is 230 g/mol. The van der Waals surface area contributed by atoms with E-state index in [4.69, 9.17) is 4.74 Å². The van der Waals surface area contributed by atoms with Crippen LogP contribution in [0.2, 0.25) is 0 Å². The predicted octanol–water partition coefficient (Wildman–Crippen LogP) is 2.61.